The number of nitrogens with one attached hydrogen (secondary N) is 2. The van der Waals surface area contributed by atoms with E-state index in [2.05, 4.69) is 58.5 Å². The van der Waals surface area contributed by atoms with E-state index in [4.69, 9.17) is 14.2 Å². The van der Waals surface area contributed by atoms with Gasteiger partial charge in [-0.05, 0) is 47.5 Å². The van der Waals surface area contributed by atoms with Gasteiger partial charge < -0.3 is 24.2 Å². The molecule has 4 aromatic carbocycles. The molecule has 0 radical (unpaired) electrons. The summed E-state index contributed by atoms with van der Waals surface area (Å²) in [7, 11) is 3.40. The minimum atomic E-state index is 0.486. The van der Waals surface area contributed by atoms with Crippen molar-refractivity contribution in [2.24, 2.45) is 0 Å². The number of methoxy groups -OCH3 is 2. The first-order valence-electron chi connectivity index (χ1n) is 11.0. The summed E-state index contributed by atoms with van der Waals surface area (Å²) in [5.41, 5.74) is 6.37. The number of rotatable bonds is 6. The standard InChI is InChI=1S/C28H24N2O3/c1-31-25-13-17(11-21-19-7-3-5-9-23(19)29-27(21)25)15-33-16-18-12-22-20-8-4-6-10-24(20)30-28(22)26(14-18)32-2/h3-14,29-30H,15-16H2,1-2H3. The fraction of sp³-hybridized carbons (Fsp3) is 0.143. The zero-order valence-electron chi connectivity index (χ0n) is 18.6. The quantitative estimate of drug-likeness (QED) is 0.306. The summed E-state index contributed by atoms with van der Waals surface area (Å²) in [5.74, 6) is 1.65. The van der Waals surface area contributed by atoms with Crippen LogP contribution in [0.15, 0.2) is 72.8 Å². The van der Waals surface area contributed by atoms with Gasteiger partial charge in [0.1, 0.15) is 11.5 Å². The van der Waals surface area contributed by atoms with Gasteiger partial charge in [0.2, 0.25) is 0 Å². The van der Waals surface area contributed by atoms with Crippen LogP contribution in [0.2, 0.25) is 0 Å². The molecule has 0 bridgehead atoms. The Morgan fingerprint density at radius 3 is 1.48 bits per heavy atom. The lowest BCUT2D eigenvalue weighted by Crippen LogP contribution is -1.96. The second-order valence-electron chi connectivity index (χ2n) is 8.28. The van der Waals surface area contributed by atoms with E-state index in [1.165, 1.54) is 10.8 Å². The minimum Gasteiger partial charge on any atom is -0.495 e. The molecule has 5 nitrogen and oxygen atoms in total. The number of hydrogen-bond acceptors (Lipinski definition) is 3. The van der Waals surface area contributed by atoms with Crippen LogP contribution in [0.3, 0.4) is 0 Å². The molecule has 6 rings (SSSR count). The Morgan fingerprint density at radius 2 is 1.03 bits per heavy atom. The monoisotopic (exact) mass is 436 g/mol. The highest BCUT2D eigenvalue weighted by Crippen LogP contribution is 2.35. The first kappa shape index (κ1) is 19.7. The molecule has 164 valence electrons. The van der Waals surface area contributed by atoms with Gasteiger partial charge in [-0.3, -0.25) is 0 Å². The third-order valence-corrected chi connectivity index (χ3v) is 6.26. The molecule has 5 heteroatoms. The predicted octanol–water partition coefficient (Wildman–Crippen LogP) is 6.69. The molecule has 0 aliphatic carbocycles. The molecule has 0 spiro atoms. The molecule has 0 aliphatic rings. The molecule has 2 N–H and O–H groups in total. The van der Waals surface area contributed by atoms with Gasteiger partial charge in [-0.2, -0.15) is 0 Å². The number of ether oxygens (including phenoxy) is 3. The van der Waals surface area contributed by atoms with Crippen molar-refractivity contribution in [1.29, 1.82) is 0 Å². The Hall–Kier alpha value is -3.96. The Labute approximate surface area is 190 Å². The second kappa shape index (κ2) is 7.87. The molecular weight excluding hydrogens is 412 g/mol. The summed E-state index contributed by atoms with van der Waals surface area (Å²) in [5, 5.41) is 4.65. The molecule has 0 aliphatic heterocycles. The number of hydrogen-bond donors (Lipinski definition) is 2. The molecule has 0 saturated heterocycles. The molecule has 33 heavy (non-hydrogen) atoms. The van der Waals surface area contributed by atoms with Gasteiger partial charge in [0.25, 0.3) is 0 Å². The van der Waals surface area contributed by atoms with E-state index < -0.39 is 0 Å². The average molecular weight is 437 g/mol. The summed E-state index contributed by atoms with van der Waals surface area (Å²) in [6.07, 6.45) is 0. The summed E-state index contributed by atoms with van der Waals surface area (Å²) in [6.45, 7) is 0.972. The summed E-state index contributed by atoms with van der Waals surface area (Å²) in [4.78, 5) is 6.93. The van der Waals surface area contributed by atoms with Crippen LogP contribution < -0.4 is 9.47 Å². The van der Waals surface area contributed by atoms with Crippen LogP contribution in [0, 0.1) is 0 Å². The number of para-hydroxylation sites is 2. The Kier molecular flexibility index (Phi) is 4.70. The summed E-state index contributed by atoms with van der Waals surface area (Å²) < 4.78 is 17.5. The third kappa shape index (κ3) is 3.29. The van der Waals surface area contributed by atoms with Gasteiger partial charge >= 0.3 is 0 Å². The van der Waals surface area contributed by atoms with Crippen LogP contribution in [0.25, 0.3) is 43.6 Å². The fourth-order valence-corrected chi connectivity index (χ4v) is 4.73. The van der Waals surface area contributed by atoms with E-state index >= 15 is 0 Å². The molecule has 0 fully saturated rings. The number of aromatic nitrogens is 2. The van der Waals surface area contributed by atoms with Crippen LogP contribution in [-0.2, 0) is 18.0 Å². The molecule has 0 unspecified atom stereocenters. The minimum absolute atomic E-state index is 0.486. The molecule has 2 heterocycles. The molecule has 0 saturated carbocycles. The zero-order valence-corrected chi connectivity index (χ0v) is 18.6. The molecule has 0 amide bonds. The van der Waals surface area contributed by atoms with Crippen LogP contribution in [0.5, 0.6) is 11.5 Å². The lowest BCUT2D eigenvalue weighted by Gasteiger charge is -2.10. The Bertz CT molecular complexity index is 1510. The average Bonchev–Trinajstić information content (AvgIpc) is 3.42. The van der Waals surface area contributed by atoms with Crippen LogP contribution in [-0.4, -0.2) is 24.2 Å². The number of fused-ring (bicyclic) bond motifs is 6. The zero-order chi connectivity index (χ0) is 22.4. The smallest absolute Gasteiger partial charge is 0.143 e. The van der Waals surface area contributed by atoms with Gasteiger partial charge in [-0.15, -0.1) is 0 Å². The lowest BCUT2D eigenvalue weighted by atomic mass is 10.1. The van der Waals surface area contributed by atoms with Crippen LogP contribution in [0.4, 0.5) is 0 Å². The van der Waals surface area contributed by atoms with Crippen molar-refractivity contribution in [3.63, 3.8) is 0 Å². The lowest BCUT2D eigenvalue weighted by molar-refractivity contribution is 0.107. The summed E-state index contributed by atoms with van der Waals surface area (Å²) >= 11 is 0. The first-order chi connectivity index (χ1) is 16.2. The highest BCUT2D eigenvalue weighted by atomic mass is 16.5. The van der Waals surface area contributed by atoms with Crippen LogP contribution in [0.1, 0.15) is 11.1 Å². The van der Waals surface area contributed by atoms with Crippen molar-refractivity contribution < 1.29 is 14.2 Å². The van der Waals surface area contributed by atoms with Gasteiger partial charge in [0, 0.05) is 32.6 Å². The highest BCUT2D eigenvalue weighted by molar-refractivity contribution is 6.10. The van der Waals surface area contributed by atoms with E-state index in [9.17, 15) is 0 Å². The van der Waals surface area contributed by atoms with Crippen molar-refractivity contribution >= 4 is 43.6 Å². The SMILES string of the molecule is COc1cc(COCc2cc(OC)c3[nH]c4ccccc4c3c2)cc2c1[nH]c1ccccc12. The molecule has 2 aromatic heterocycles. The van der Waals surface area contributed by atoms with E-state index in [-0.39, 0.29) is 0 Å². The normalized spacial score (nSPS) is 11.7. The van der Waals surface area contributed by atoms with E-state index in [1.807, 2.05) is 24.3 Å². The van der Waals surface area contributed by atoms with Gasteiger partial charge in [0.15, 0.2) is 0 Å². The van der Waals surface area contributed by atoms with Gasteiger partial charge in [0.05, 0.1) is 38.5 Å². The molecule has 0 atom stereocenters. The van der Waals surface area contributed by atoms with Crippen LogP contribution >= 0.6 is 0 Å². The van der Waals surface area contributed by atoms with Gasteiger partial charge in [-0.25, -0.2) is 0 Å². The number of benzene rings is 4. The first-order valence-corrected chi connectivity index (χ1v) is 11.0. The number of aromatic amines is 2. The number of H-pyrrole nitrogens is 2. The topological polar surface area (TPSA) is 59.3 Å². The van der Waals surface area contributed by atoms with E-state index in [0.717, 1.165) is 55.5 Å². The maximum atomic E-state index is 6.15. The van der Waals surface area contributed by atoms with Crippen molar-refractivity contribution in [3.05, 3.63) is 83.9 Å². The van der Waals surface area contributed by atoms with E-state index in [1.54, 1.807) is 14.2 Å². The van der Waals surface area contributed by atoms with E-state index in [0.29, 0.717) is 13.2 Å². The Balaban J connectivity index is 1.30. The van der Waals surface area contributed by atoms with Crippen molar-refractivity contribution in [1.82, 2.24) is 9.97 Å². The maximum absolute atomic E-state index is 6.15. The third-order valence-electron chi connectivity index (χ3n) is 6.26. The second-order valence-corrected chi connectivity index (χ2v) is 8.28. The van der Waals surface area contributed by atoms with Crippen molar-refractivity contribution in [3.8, 4) is 11.5 Å². The molecular formula is C28H24N2O3. The van der Waals surface area contributed by atoms with Gasteiger partial charge in [-0.1, -0.05) is 36.4 Å². The highest BCUT2D eigenvalue weighted by Gasteiger charge is 2.13. The molecule has 6 aromatic rings. The van der Waals surface area contributed by atoms with Crippen molar-refractivity contribution in [2.75, 3.05) is 14.2 Å². The largest absolute Gasteiger partial charge is 0.495 e. The predicted molar refractivity (Wildman–Crippen MR) is 133 cm³/mol. The maximum Gasteiger partial charge on any atom is 0.143 e. The summed E-state index contributed by atoms with van der Waals surface area (Å²) in [6, 6.07) is 25.0. The fourth-order valence-electron chi connectivity index (χ4n) is 4.73. The van der Waals surface area contributed by atoms with Crippen molar-refractivity contribution in [2.45, 2.75) is 13.2 Å². The Morgan fingerprint density at radius 1 is 0.576 bits per heavy atom.